The minimum atomic E-state index is 0.663. The Labute approximate surface area is 134 Å². The van der Waals surface area contributed by atoms with Crippen LogP contribution in [-0.4, -0.2) is 11.6 Å². The van der Waals surface area contributed by atoms with Gasteiger partial charge < -0.3 is 9.88 Å². The number of rotatable bonds is 4. The summed E-state index contributed by atoms with van der Waals surface area (Å²) >= 11 is 12.3. The van der Waals surface area contributed by atoms with E-state index in [1.54, 1.807) is 6.07 Å². The van der Waals surface area contributed by atoms with Gasteiger partial charge in [-0.3, -0.25) is 0 Å². The summed E-state index contributed by atoms with van der Waals surface area (Å²) in [4.78, 5) is 0. The molecule has 0 saturated carbocycles. The van der Waals surface area contributed by atoms with E-state index in [9.17, 15) is 0 Å². The minimum absolute atomic E-state index is 0.663. The first-order valence-corrected chi connectivity index (χ1v) is 7.60. The smallest absolute Gasteiger partial charge is 0.0494 e. The Balaban J connectivity index is 2.07. The van der Waals surface area contributed by atoms with Crippen LogP contribution in [0, 0.1) is 0 Å². The first-order valence-electron chi connectivity index (χ1n) is 6.84. The molecule has 4 heteroatoms. The summed E-state index contributed by atoms with van der Waals surface area (Å²) < 4.78 is 2.29. The average molecular weight is 319 g/mol. The van der Waals surface area contributed by atoms with Crippen molar-refractivity contribution in [1.82, 2.24) is 9.88 Å². The van der Waals surface area contributed by atoms with E-state index in [0.717, 1.165) is 18.7 Å². The molecule has 2 aromatic carbocycles. The van der Waals surface area contributed by atoms with Crippen LogP contribution in [0.15, 0.2) is 48.5 Å². The fourth-order valence-corrected chi connectivity index (χ4v) is 3.07. The molecule has 0 amide bonds. The highest BCUT2D eigenvalue weighted by atomic mass is 35.5. The Bertz CT molecular complexity index is 778. The number of hydrogen-bond donors (Lipinski definition) is 1. The molecule has 2 nitrogen and oxygen atoms in total. The van der Waals surface area contributed by atoms with Gasteiger partial charge in [0.25, 0.3) is 0 Å². The van der Waals surface area contributed by atoms with Crippen molar-refractivity contribution in [2.24, 2.45) is 0 Å². The predicted molar refractivity (Wildman–Crippen MR) is 90.3 cm³/mol. The van der Waals surface area contributed by atoms with Gasteiger partial charge in [0.2, 0.25) is 0 Å². The molecular weight excluding hydrogens is 303 g/mol. The second-order valence-electron chi connectivity index (χ2n) is 5.05. The number of para-hydroxylation sites is 1. The van der Waals surface area contributed by atoms with Gasteiger partial charge in [0.1, 0.15) is 0 Å². The van der Waals surface area contributed by atoms with E-state index in [4.69, 9.17) is 23.2 Å². The zero-order valence-corrected chi connectivity index (χ0v) is 13.2. The summed E-state index contributed by atoms with van der Waals surface area (Å²) in [5.41, 5.74) is 3.53. The number of nitrogens with zero attached hydrogens (tertiary/aromatic N) is 1. The van der Waals surface area contributed by atoms with Gasteiger partial charge >= 0.3 is 0 Å². The molecule has 0 bridgehead atoms. The third-order valence-electron chi connectivity index (χ3n) is 3.60. The summed E-state index contributed by atoms with van der Waals surface area (Å²) in [6, 6.07) is 16.3. The first-order chi connectivity index (χ1) is 10.2. The van der Waals surface area contributed by atoms with E-state index in [-0.39, 0.29) is 0 Å². The Kier molecular flexibility index (Phi) is 4.20. The Morgan fingerprint density at radius 1 is 1.05 bits per heavy atom. The van der Waals surface area contributed by atoms with Gasteiger partial charge in [0.05, 0.1) is 0 Å². The molecule has 0 aliphatic rings. The van der Waals surface area contributed by atoms with Gasteiger partial charge in [-0.25, -0.2) is 0 Å². The van der Waals surface area contributed by atoms with Gasteiger partial charge in [-0.05, 0) is 42.3 Å². The normalized spacial score (nSPS) is 11.2. The number of benzene rings is 2. The quantitative estimate of drug-likeness (QED) is 0.736. The highest BCUT2D eigenvalue weighted by Crippen LogP contribution is 2.26. The summed E-state index contributed by atoms with van der Waals surface area (Å²) in [5.74, 6) is 0. The van der Waals surface area contributed by atoms with Crippen LogP contribution in [0.3, 0.4) is 0 Å². The van der Waals surface area contributed by atoms with E-state index >= 15 is 0 Å². The van der Waals surface area contributed by atoms with Crippen LogP contribution in [0.2, 0.25) is 10.0 Å². The van der Waals surface area contributed by atoms with Crippen molar-refractivity contribution in [3.63, 3.8) is 0 Å². The molecular formula is C17H16Cl2N2. The number of hydrogen-bond acceptors (Lipinski definition) is 1. The van der Waals surface area contributed by atoms with Crippen LogP contribution in [-0.2, 0) is 13.1 Å². The molecule has 0 fully saturated rings. The largest absolute Gasteiger partial charge is 0.339 e. The topological polar surface area (TPSA) is 17.0 Å². The van der Waals surface area contributed by atoms with E-state index in [0.29, 0.717) is 10.0 Å². The highest BCUT2D eigenvalue weighted by Gasteiger charge is 2.10. The molecule has 0 unspecified atom stereocenters. The monoisotopic (exact) mass is 318 g/mol. The van der Waals surface area contributed by atoms with Crippen molar-refractivity contribution in [1.29, 1.82) is 0 Å². The maximum absolute atomic E-state index is 6.31. The number of nitrogens with one attached hydrogen (secondary N) is 1. The van der Waals surface area contributed by atoms with Crippen LogP contribution in [0.25, 0.3) is 10.9 Å². The van der Waals surface area contributed by atoms with Gasteiger partial charge in [0, 0.05) is 34.3 Å². The Hall–Kier alpha value is -1.48. The van der Waals surface area contributed by atoms with Crippen molar-refractivity contribution in [3.05, 3.63) is 69.8 Å². The molecule has 0 atom stereocenters. The molecule has 0 saturated heterocycles. The zero-order chi connectivity index (χ0) is 14.8. The van der Waals surface area contributed by atoms with Crippen molar-refractivity contribution < 1.29 is 0 Å². The molecule has 1 heterocycles. The van der Waals surface area contributed by atoms with Gasteiger partial charge in [-0.1, -0.05) is 47.5 Å². The molecule has 0 radical (unpaired) electrons. The fraction of sp³-hybridized carbons (Fsp3) is 0.176. The van der Waals surface area contributed by atoms with E-state index in [1.165, 1.54) is 16.6 Å². The Morgan fingerprint density at radius 2 is 1.86 bits per heavy atom. The summed E-state index contributed by atoms with van der Waals surface area (Å²) in [6.45, 7) is 1.56. The molecule has 21 heavy (non-hydrogen) atoms. The van der Waals surface area contributed by atoms with Gasteiger partial charge in [0.15, 0.2) is 0 Å². The van der Waals surface area contributed by atoms with Gasteiger partial charge in [-0.2, -0.15) is 0 Å². The van der Waals surface area contributed by atoms with E-state index < -0.39 is 0 Å². The lowest BCUT2D eigenvalue weighted by Gasteiger charge is -2.12. The van der Waals surface area contributed by atoms with Crippen LogP contribution < -0.4 is 5.32 Å². The summed E-state index contributed by atoms with van der Waals surface area (Å²) in [7, 11) is 1.96. The molecule has 0 aliphatic heterocycles. The first kappa shape index (κ1) is 14.5. The molecule has 0 spiro atoms. The maximum Gasteiger partial charge on any atom is 0.0494 e. The van der Waals surface area contributed by atoms with Crippen molar-refractivity contribution in [3.8, 4) is 0 Å². The summed E-state index contributed by atoms with van der Waals surface area (Å²) in [5, 5.41) is 5.83. The Morgan fingerprint density at radius 3 is 2.62 bits per heavy atom. The third-order valence-corrected chi connectivity index (χ3v) is 4.18. The third kappa shape index (κ3) is 2.93. The van der Waals surface area contributed by atoms with Crippen molar-refractivity contribution in [2.75, 3.05) is 7.05 Å². The zero-order valence-electron chi connectivity index (χ0n) is 11.7. The van der Waals surface area contributed by atoms with Gasteiger partial charge in [-0.15, -0.1) is 0 Å². The molecule has 0 aliphatic carbocycles. The van der Waals surface area contributed by atoms with Crippen LogP contribution >= 0.6 is 23.2 Å². The van der Waals surface area contributed by atoms with Crippen LogP contribution in [0.1, 0.15) is 11.3 Å². The van der Waals surface area contributed by atoms with Crippen molar-refractivity contribution >= 4 is 34.1 Å². The van der Waals surface area contributed by atoms with Crippen molar-refractivity contribution in [2.45, 2.75) is 13.1 Å². The lowest BCUT2D eigenvalue weighted by Crippen LogP contribution is -2.12. The second-order valence-corrected chi connectivity index (χ2v) is 5.89. The van der Waals surface area contributed by atoms with E-state index in [1.807, 2.05) is 19.2 Å². The van der Waals surface area contributed by atoms with Crippen LogP contribution in [0.5, 0.6) is 0 Å². The number of fused-ring (bicyclic) bond motifs is 1. The lowest BCUT2D eigenvalue weighted by atomic mass is 10.2. The SMILES string of the molecule is CNCc1cc2ccccc2n1Cc1ccc(Cl)cc1Cl. The summed E-state index contributed by atoms with van der Waals surface area (Å²) in [6.07, 6.45) is 0. The molecule has 108 valence electrons. The highest BCUT2D eigenvalue weighted by molar-refractivity contribution is 6.35. The molecule has 3 rings (SSSR count). The number of aromatic nitrogens is 1. The minimum Gasteiger partial charge on any atom is -0.339 e. The van der Waals surface area contributed by atoms with Crippen LogP contribution in [0.4, 0.5) is 0 Å². The lowest BCUT2D eigenvalue weighted by molar-refractivity contribution is 0.709. The predicted octanol–water partition coefficient (Wildman–Crippen LogP) is 4.72. The second kappa shape index (κ2) is 6.10. The number of halogens is 2. The average Bonchev–Trinajstić information content (AvgIpc) is 2.80. The molecule has 3 aromatic rings. The molecule has 1 aromatic heterocycles. The standard InChI is InChI=1S/C17H16Cl2N2/c1-20-10-15-8-12-4-2-3-5-17(12)21(15)11-13-6-7-14(18)9-16(13)19/h2-9,20H,10-11H2,1H3. The maximum atomic E-state index is 6.31. The molecule has 1 N–H and O–H groups in total. The fourth-order valence-electron chi connectivity index (χ4n) is 2.60. The van der Waals surface area contributed by atoms with E-state index in [2.05, 4.69) is 40.2 Å².